The lowest BCUT2D eigenvalue weighted by Gasteiger charge is -1.99. The van der Waals surface area contributed by atoms with E-state index in [0.717, 1.165) is 10.4 Å². The normalized spacial score (nSPS) is 10.3. The van der Waals surface area contributed by atoms with Gasteiger partial charge in [-0.1, -0.05) is 11.3 Å². The molecule has 0 aliphatic carbocycles. The van der Waals surface area contributed by atoms with E-state index in [-0.39, 0.29) is 0 Å². The summed E-state index contributed by atoms with van der Waals surface area (Å²) in [5.41, 5.74) is 6.89. The second kappa shape index (κ2) is 4.63. The van der Waals surface area contributed by atoms with Crippen LogP contribution in [-0.4, -0.2) is 17.6 Å². The first-order valence-electron chi connectivity index (χ1n) is 4.68. The van der Waals surface area contributed by atoms with Crippen LogP contribution in [0.3, 0.4) is 0 Å². The molecule has 0 fully saturated rings. The van der Waals surface area contributed by atoms with Gasteiger partial charge in [0.1, 0.15) is 0 Å². The van der Waals surface area contributed by atoms with Gasteiger partial charge in [0, 0.05) is 5.56 Å². The van der Waals surface area contributed by atoms with Crippen molar-refractivity contribution in [1.29, 1.82) is 0 Å². The molecule has 0 atom stereocenters. The van der Waals surface area contributed by atoms with E-state index in [2.05, 4.69) is 4.98 Å². The maximum Gasteiger partial charge on any atom is 0.358 e. The molecule has 0 saturated heterocycles. The molecule has 84 valence electrons. The third kappa shape index (κ3) is 2.07. The Balaban J connectivity index is 2.42. The summed E-state index contributed by atoms with van der Waals surface area (Å²) in [5.74, 6) is -0.420. The number of nitrogen functional groups attached to an aromatic ring is 1. The number of rotatable bonds is 3. The summed E-state index contributed by atoms with van der Waals surface area (Å²) in [5, 5.41) is 4.28. The van der Waals surface area contributed by atoms with E-state index < -0.39 is 5.97 Å². The monoisotopic (exact) mass is 254 g/mol. The first-order chi connectivity index (χ1) is 7.72. The smallest absolute Gasteiger partial charge is 0.358 e. The zero-order valence-corrected chi connectivity index (χ0v) is 10.2. The van der Waals surface area contributed by atoms with Crippen LogP contribution in [0.2, 0.25) is 0 Å². The predicted molar refractivity (Wildman–Crippen MR) is 65.8 cm³/mol. The fraction of sp³-hybridized carbons (Fsp3) is 0.200. The fourth-order valence-electron chi connectivity index (χ4n) is 1.26. The van der Waals surface area contributed by atoms with E-state index in [0.29, 0.717) is 17.4 Å². The zero-order chi connectivity index (χ0) is 11.5. The Morgan fingerprint density at radius 3 is 3.06 bits per heavy atom. The van der Waals surface area contributed by atoms with Crippen LogP contribution < -0.4 is 5.73 Å². The fourth-order valence-corrected chi connectivity index (χ4v) is 2.80. The Bertz CT molecular complexity index is 491. The number of ether oxygens (including phenoxy) is 1. The van der Waals surface area contributed by atoms with E-state index in [9.17, 15) is 4.79 Å². The number of esters is 1. The Hall–Kier alpha value is -1.40. The van der Waals surface area contributed by atoms with Gasteiger partial charge in [-0.2, -0.15) is 11.3 Å². The quantitative estimate of drug-likeness (QED) is 0.855. The first-order valence-corrected chi connectivity index (χ1v) is 6.44. The Morgan fingerprint density at radius 1 is 1.62 bits per heavy atom. The molecule has 0 radical (unpaired) electrons. The largest absolute Gasteiger partial charge is 0.461 e. The standard InChI is InChI=1S/C10H10N2O2S2/c1-2-14-9(13)7-8(16-10(11)12-7)6-3-4-15-5-6/h3-5H,2H2,1H3,(H2,11,12). The molecule has 0 bridgehead atoms. The minimum atomic E-state index is -0.420. The molecule has 0 aromatic carbocycles. The van der Waals surface area contributed by atoms with Gasteiger partial charge in [-0.15, -0.1) is 0 Å². The van der Waals surface area contributed by atoms with Crippen LogP contribution in [0.5, 0.6) is 0 Å². The molecule has 2 rings (SSSR count). The number of aromatic nitrogens is 1. The lowest BCUT2D eigenvalue weighted by atomic mass is 10.2. The topological polar surface area (TPSA) is 65.2 Å². The third-order valence-electron chi connectivity index (χ3n) is 1.90. The van der Waals surface area contributed by atoms with Gasteiger partial charge in [-0.05, 0) is 23.8 Å². The first kappa shape index (κ1) is 11.1. The lowest BCUT2D eigenvalue weighted by molar-refractivity contribution is 0.0521. The van der Waals surface area contributed by atoms with Crippen LogP contribution in [0.25, 0.3) is 10.4 Å². The Labute approximate surface area is 101 Å². The number of carbonyl (C=O) groups excluding carboxylic acids is 1. The molecule has 2 heterocycles. The zero-order valence-electron chi connectivity index (χ0n) is 8.60. The molecule has 6 heteroatoms. The van der Waals surface area contributed by atoms with E-state index >= 15 is 0 Å². The average molecular weight is 254 g/mol. The molecule has 16 heavy (non-hydrogen) atoms. The summed E-state index contributed by atoms with van der Waals surface area (Å²) in [6.07, 6.45) is 0. The van der Waals surface area contributed by atoms with Gasteiger partial charge in [0.25, 0.3) is 0 Å². The summed E-state index contributed by atoms with van der Waals surface area (Å²) in [6.45, 7) is 2.09. The molecule has 2 N–H and O–H groups in total. The summed E-state index contributed by atoms with van der Waals surface area (Å²) in [7, 11) is 0. The molecule has 0 spiro atoms. The van der Waals surface area contributed by atoms with Gasteiger partial charge in [0.05, 0.1) is 11.5 Å². The van der Waals surface area contributed by atoms with Gasteiger partial charge in [0.2, 0.25) is 0 Å². The van der Waals surface area contributed by atoms with Crippen molar-refractivity contribution in [2.24, 2.45) is 0 Å². The summed E-state index contributed by atoms with van der Waals surface area (Å²) in [6, 6.07) is 1.93. The van der Waals surface area contributed by atoms with Crippen LogP contribution in [0, 0.1) is 0 Å². The molecule has 0 aliphatic rings. The summed E-state index contributed by atoms with van der Waals surface area (Å²) < 4.78 is 4.93. The molecule has 2 aromatic heterocycles. The molecule has 0 aliphatic heterocycles. The maximum atomic E-state index is 11.6. The SMILES string of the molecule is CCOC(=O)c1nc(N)sc1-c1ccsc1. The van der Waals surface area contributed by atoms with E-state index in [1.165, 1.54) is 11.3 Å². The molecule has 0 amide bonds. The number of thiazole rings is 1. The van der Waals surface area contributed by atoms with Gasteiger partial charge >= 0.3 is 5.97 Å². The number of hydrogen-bond donors (Lipinski definition) is 1. The number of nitrogens with zero attached hydrogens (tertiary/aromatic N) is 1. The van der Waals surface area contributed by atoms with Crippen molar-refractivity contribution < 1.29 is 9.53 Å². The number of carbonyl (C=O) groups is 1. The van der Waals surface area contributed by atoms with Gasteiger partial charge in [0.15, 0.2) is 10.8 Å². The number of thiophene rings is 1. The highest BCUT2D eigenvalue weighted by atomic mass is 32.1. The second-order valence-corrected chi connectivity index (χ2v) is 4.77. The van der Waals surface area contributed by atoms with Gasteiger partial charge < -0.3 is 10.5 Å². The van der Waals surface area contributed by atoms with Crippen molar-refractivity contribution in [3.63, 3.8) is 0 Å². The van der Waals surface area contributed by atoms with Crippen LogP contribution in [-0.2, 0) is 4.74 Å². The van der Waals surface area contributed by atoms with E-state index in [4.69, 9.17) is 10.5 Å². The summed E-state index contributed by atoms with van der Waals surface area (Å²) in [4.78, 5) is 16.4. The van der Waals surface area contributed by atoms with Gasteiger partial charge in [-0.3, -0.25) is 0 Å². The van der Waals surface area contributed by atoms with Crippen molar-refractivity contribution in [3.8, 4) is 10.4 Å². The Morgan fingerprint density at radius 2 is 2.44 bits per heavy atom. The van der Waals surface area contributed by atoms with Crippen molar-refractivity contribution in [2.45, 2.75) is 6.92 Å². The van der Waals surface area contributed by atoms with Gasteiger partial charge in [-0.25, -0.2) is 9.78 Å². The molecular formula is C10H10N2O2S2. The molecule has 0 unspecified atom stereocenters. The molecule has 4 nitrogen and oxygen atoms in total. The highest BCUT2D eigenvalue weighted by Gasteiger charge is 2.19. The number of anilines is 1. The minimum Gasteiger partial charge on any atom is -0.461 e. The van der Waals surface area contributed by atoms with Crippen LogP contribution in [0.15, 0.2) is 16.8 Å². The van der Waals surface area contributed by atoms with Crippen molar-refractivity contribution in [3.05, 3.63) is 22.5 Å². The minimum absolute atomic E-state index is 0.308. The Kier molecular flexibility index (Phi) is 3.21. The van der Waals surface area contributed by atoms with Crippen molar-refractivity contribution >= 4 is 33.8 Å². The van der Waals surface area contributed by atoms with Crippen molar-refractivity contribution in [1.82, 2.24) is 4.98 Å². The van der Waals surface area contributed by atoms with Crippen LogP contribution in [0.4, 0.5) is 5.13 Å². The third-order valence-corrected chi connectivity index (χ3v) is 3.51. The number of nitrogens with two attached hydrogens (primary N) is 1. The van der Waals surface area contributed by atoms with Crippen LogP contribution >= 0.6 is 22.7 Å². The highest BCUT2D eigenvalue weighted by Crippen LogP contribution is 2.33. The second-order valence-electron chi connectivity index (χ2n) is 2.96. The maximum absolute atomic E-state index is 11.6. The lowest BCUT2D eigenvalue weighted by Crippen LogP contribution is -2.06. The predicted octanol–water partition coefficient (Wildman–Crippen LogP) is 2.63. The average Bonchev–Trinajstić information content (AvgIpc) is 2.85. The van der Waals surface area contributed by atoms with E-state index in [1.54, 1.807) is 18.3 Å². The highest BCUT2D eigenvalue weighted by molar-refractivity contribution is 7.19. The van der Waals surface area contributed by atoms with Crippen LogP contribution in [0.1, 0.15) is 17.4 Å². The number of hydrogen-bond acceptors (Lipinski definition) is 6. The molecule has 2 aromatic rings. The molecule has 0 saturated carbocycles. The molecular weight excluding hydrogens is 244 g/mol. The van der Waals surface area contributed by atoms with Crippen molar-refractivity contribution in [2.75, 3.05) is 12.3 Å². The summed E-state index contributed by atoms with van der Waals surface area (Å²) >= 11 is 2.86. The van der Waals surface area contributed by atoms with E-state index in [1.807, 2.05) is 16.8 Å².